The molecule has 0 saturated carbocycles. The Morgan fingerprint density at radius 1 is 1.08 bits per heavy atom. The number of amides is 1. The van der Waals surface area contributed by atoms with Crippen LogP contribution in [-0.4, -0.2) is 41.6 Å². The fourth-order valence-corrected chi connectivity index (χ4v) is 4.07. The Labute approximate surface area is 155 Å². The summed E-state index contributed by atoms with van der Waals surface area (Å²) >= 11 is 6.30. The van der Waals surface area contributed by atoms with Crippen molar-refractivity contribution in [3.63, 3.8) is 0 Å². The van der Waals surface area contributed by atoms with Crippen molar-refractivity contribution < 1.29 is 4.79 Å². The summed E-state index contributed by atoms with van der Waals surface area (Å²) in [6.45, 7) is 11.5. The number of carbonyl (C=O) groups is 1. The quantitative estimate of drug-likeness (QED) is 0.817. The molecular weight excluding hydrogens is 334 g/mol. The number of anilines is 1. The maximum Gasteiger partial charge on any atom is 0.255 e. The Morgan fingerprint density at radius 3 is 2.28 bits per heavy atom. The minimum absolute atomic E-state index is 0.138. The van der Waals surface area contributed by atoms with Gasteiger partial charge in [-0.1, -0.05) is 23.7 Å². The van der Waals surface area contributed by atoms with Gasteiger partial charge in [0.1, 0.15) is 0 Å². The van der Waals surface area contributed by atoms with Crippen molar-refractivity contribution in [2.24, 2.45) is 0 Å². The van der Waals surface area contributed by atoms with Gasteiger partial charge in [-0.05, 0) is 45.9 Å². The Morgan fingerprint density at radius 2 is 1.72 bits per heavy atom. The minimum atomic E-state index is 0.138. The van der Waals surface area contributed by atoms with Gasteiger partial charge < -0.3 is 14.4 Å². The van der Waals surface area contributed by atoms with Crippen LogP contribution < -0.4 is 4.90 Å². The zero-order valence-electron chi connectivity index (χ0n) is 15.4. The van der Waals surface area contributed by atoms with E-state index in [-0.39, 0.29) is 5.91 Å². The lowest BCUT2D eigenvalue weighted by molar-refractivity contribution is 0.0746. The summed E-state index contributed by atoms with van der Waals surface area (Å²) in [6, 6.07) is 10.3. The monoisotopic (exact) mass is 359 g/mol. The summed E-state index contributed by atoms with van der Waals surface area (Å²) in [7, 11) is 0. The number of nitrogens with zero attached hydrogens (tertiary/aromatic N) is 3. The van der Waals surface area contributed by atoms with Gasteiger partial charge in [0, 0.05) is 43.6 Å². The molecule has 1 aliphatic heterocycles. The third-order valence-corrected chi connectivity index (χ3v) is 5.31. The molecule has 1 saturated heterocycles. The molecule has 1 aromatic heterocycles. The molecule has 1 amide bonds. The number of hydrogen-bond acceptors (Lipinski definition) is 2. The van der Waals surface area contributed by atoms with Gasteiger partial charge >= 0.3 is 0 Å². The summed E-state index contributed by atoms with van der Waals surface area (Å²) in [6.07, 6.45) is 0. The van der Waals surface area contributed by atoms with E-state index in [0.717, 1.165) is 53.8 Å². The highest BCUT2D eigenvalue weighted by atomic mass is 35.5. The van der Waals surface area contributed by atoms with E-state index in [9.17, 15) is 4.79 Å². The van der Waals surface area contributed by atoms with E-state index in [1.807, 2.05) is 42.2 Å². The zero-order chi connectivity index (χ0) is 18.1. The Kier molecular flexibility index (Phi) is 5.09. The number of aryl methyl sites for hydroxylation is 1. The molecule has 0 atom stereocenters. The summed E-state index contributed by atoms with van der Waals surface area (Å²) < 4.78 is 2.23. The largest absolute Gasteiger partial charge is 0.367 e. The fraction of sp³-hybridized carbons (Fsp3) is 0.450. The first kappa shape index (κ1) is 17.9. The normalized spacial score (nSPS) is 15.1. The number of halogens is 1. The molecule has 4 nitrogen and oxygen atoms in total. The van der Waals surface area contributed by atoms with Crippen LogP contribution in [0.3, 0.4) is 0 Å². The van der Waals surface area contributed by atoms with Crippen molar-refractivity contribution in [3.05, 3.63) is 52.3 Å². The molecule has 0 radical (unpaired) electrons. The highest BCUT2D eigenvalue weighted by Gasteiger charge is 2.26. The van der Waals surface area contributed by atoms with E-state index in [4.69, 9.17) is 11.6 Å². The number of benzene rings is 1. The number of carbonyl (C=O) groups excluding carboxylic acids is 1. The average Bonchev–Trinajstić information content (AvgIpc) is 2.89. The van der Waals surface area contributed by atoms with E-state index in [1.54, 1.807) is 0 Å². The molecule has 0 spiro atoms. The van der Waals surface area contributed by atoms with E-state index in [2.05, 4.69) is 30.2 Å². The van der Waals surface area contributed by atoms with Crippen LogP contribution in [0.4, 0.5) is 5.69 Å². The van der Waals surface area contributed by atoms with Crippen molar-refractivity contribution in [1.82, 2.24) is 9.47 Å². The SMILES string of the molecule is Cc1cc(C(=O)N2CCN(c3ccccc3Cl)CC2)c(C)n1C(C)C. The lowest BCUT2D eigenvalue weighted by atomic mass is 10.2. The van der Waals surface area contributed by atoms with E-state index < -0.39 is 0 Å². The number of hydrogen-bond donors (Lipinski definition) is 0. The van der Waals surface area contributed by atoms with Crippen LogP contribution in [0.15, 0.2) is 30.3 Å². The van der Waals surface area contributed by atoms with Gasteiger partial charge in [0.05, 0.1) is 16.3 Å². The first-order chi connectivity index (χ1) is 11.9. The van der Waals surface area contributed by atoms with Crippen molar-refractivity contribution in [2.75, 3.05) is 31.1 Å². The number of piperazine rings is 1. The lowest BCUT2D eigenvalue weighted by Gasteiger charge is -2.36. The maximum absolute atomic E-state index is 13.0. The standard InChI is InChI=1S/C20H26ClN3O/c1-14(2)24-15(3)13-17(16(24)4)20(25)23-11-9-22(10-12-23)19-8-6-5-7-18(19)21/h5-8,13-14H,9-12H2,1-4H3. The highest BCUT2D eigenvalue weighted by Crippen LogP contribution is 2.27. The predicted molar refractivity (Wildman–Crippen MR) is 104 cm³/mol. The second kappa shape index (κ2) is 7.12. The predicted octanol–water partition coefficient (Wildman–Crippen LogP) is 4.30. The number of rotatable bonds is 3. The van der Waals surface area contributed by atoms with Crippen LogP contribution in [0.25, 0.3) is 0 Å². The van der Waals surface area contributed by atoms with Crippen LogP contribution in [0.1, 0.15) is 41.6 Å². The second-order valence-electron chi connectivity index (χ2n) is 6.98. The molecule has 1 fully saturated rings. The highest BCUT2D eigenvalue weighted by molar-refractivity contribution is 6.33. The smallest absolute Gasteiger partial charge is 0.255 e. The second-order valence-corrected chi connectivity index (χ2v) is 7.39. The lowest BCUT2D eigenvalue weighted by Crippen LogP contribution is -2.49. The number of para-hydroxylation sites is 1. The molecule has 25 heavy (non-hydrogen) atoms. The third kappa shape index (κ3) is 3.40. The molecule has 5 heteroatoms. The van der Waals surface area contributed by atoms with Crippen molar-refractivity contribution in [2.45, 2.75) is 33.7 Å². The van der Waals surface area contributed by atoms with Gasteiger partial charge in [-0.15, -0.1) is 0 Å². The van der Waals surface area contributed by atoms with Crippen molar-refractivity contribution >= 4 is 23.2 Å². The van der Waals surface area contributed by atoms with Gasteiger partial charge in [0.2, 0.25) is 0 Å². The Hall–Kier alpha value is -1.94. The van der Waals surface area contributed by atoms with E-state index in [1.165, 1.54) is 0 Å². The summed E-state index contributed by atoms with van der Waals surface area (Å²) in [5.74, 6) is 0.138. The Balaban J connectivity index is 1.72. The molecule has 3 rings (SSSR count). The maximum atomic E-state index is 13.0. The van der Waals surface area contributed by atoms with Crippen LogP contribution in [0.5, 0.6) is 0 Å². The summed E-state index contributed by atoms with van der Waals surface area (Å²) in [4.78, 5) is 17.2. The molecular formula is C20H26ClN3O. The Bertz CT molecular complexity index is 773. The molecule has 134 valence electrons. The first-order valence-corrected chi connectivity index (χ1v) is 9.25. The number of aromatic nitrogens is 1. The zero-order valence-corrected chi connectivity index (χ0v) is 16.2. The van der Waals surface area contributed by atoms with E-state index in [0.29, 0.717) is 6.04 Å². The molecule has 0 unspecified atom stereocenters. The van der Waals surface area contributed by atoms with Gasteiger partial charge in [0.25, 0.3) is 5.91 Å². The molecule has 2 heterocycles. The van der Waals surface area contributed by atoms with Gasteiger partial charge in [-0.3, -0.25) is 4.79 Å². The summed E-state index contributed by atoms with van der Waals surface area (Å²) in [5, 5.41) is 0.766. The van der Waals surface area contributed by atoms with Crippen molar-refractivity contribution in [3.8, 4) is 0 Å². The van der Waals surface area contributed by atoms with Gasteiger partial charge in [0.15, 0.2) is 0 Å². The summed E-state index contributed by atoms with van der Waals surface area (Å²) in [5.41, 5.74) is 4.09. The van der Waals surface area contributed by atoms with Crippen LogP contribution >= 0.6 is 11.6 Å². The van der Waals surface area contributed by atoms with Gasteiger partial charge in [-0.2, -0.15) is 0 Å². The van der Waals surface area contributed by atoms with Crippen LogP contribution in [0, 0.1) is 13.8 Å². The average molecular weight is 360 g/mol. The third-order valence-electron chi connectivity index (χ3n) is 4.99. The molecule has 1 aromatic carbocycles. The molecule has 1 aliphatic rings. The van der Waals surface area contributed by atoms with Crippen molar-refractivity contribution in [1.29, 1.82) is 0 Å². The first-order valence-electron chi connectivity index (χ1n) is 8.87. The fourth-order valence-electron chi connectivity index (χ4n) is 3.82. The molecule has 0 bridgehead atoms. The van der Waals surface area contributed by atoms with Crippen LogP contribution in [-0.2, 0) is 0 Å². The molecule has 0 N–H and O–H groups in total. The minimum Gasteiger partial charge on any atom is -0.367 e. The molecule has 2 aromatic rings. The molecule has 0 aliphatic carbocycles. The topological polar surface area (TPSA) is 28.5 Å². The van der Waals surface area contributed by atoms with Crippen LogP contribution in [0.2, 0.25) is 5.02 Å². The van der Waals surface area contributed by atoms with E-state index >= 15 is 0 Å². The van der Waals surface area contributed by atoms with Gasteiger partial charge in [-0.25, -0.2) is 0 Å².